The Morgan fingerprint density at radius 1 is 1.47 bits per heavy atom. The summed E-state index contributed by atoms with van der Waals surface area (Å²) in [6.45, 7) is 5.48. The van der Waals surface area contributed by atoms with Crippen LogP contribution in [0.2, 0.25) is 0 Å². The minimum atomic E-state index is 0.461. The molecule has 2 N–H and O–H groups in total. The van der Waals surface area contributed by atoms with Crippen molar-refractivity contribution < 1.29 is 0 Å². The Bertz CT molecular complexity index is 441. The third kappa shape index (κ3) is 2.71. The van der Waals surface area contributed by atoms with Gasteiger partial charge < -0.3 is 10.6 Å². The summed E-state index contributed by atoms with van der Waals surface area (Å²) in [4.78, 5) is 2.37. The van der Waals surface area contributed by atoms with Crippen molar-refractivity contribution in [1.29, 1.82) is 5.26 Å². The number of hydrogen-bond acceptors (Lipinski definition) is 3. The molecular weight excluding hydrogens is 210 g/mol. The molecule has 0 heterocycles. The molecule has 1 aromatic carbocycles. The maximum absolute atomic E-state index is 8.87. The van der Waals surface area contributed by atoms with Crippen LogP contribution in [-0.2, 0) is 0 Å². The highest BCUT2D eigenvalue weighted by Crippen LogP contribution is 2.33. The summed E-state index contributed by atoms with van der Waals surface area (Å²) >= 11 is 0. The molecule has 2 rings (SSSR count). The Hall–Kier alpha value is -1.69. The Morgan fingerprint density at radius 2 is 2.18 bits per heavy atom. The summed E-state index contributed by atoms with van der Waals surface area (Å²) in [5, 5.41) is 8.87. The highest BCUT2D eigenvalue weighted by atomic mass is 15.2. The maximum atomic E-state index is 8.87. The van der Waals surface area contributed by atoms with Gasteiger partial charge in [0.25, 0.3) is 0 Å². The van der Waals surface area contributed by atoms with Gasteiger partial charge in [-0.1, -0.05) is 0 Å². The number of anilines is 2. The summed E-state index contributed by atoms with van der Waals surface area (Å²) < 4.78 is 0. The molecule has 0 aromatic heterocycles. The fraction of sp³-hybridized carbons (Fsp3) is 0.500. The zero-order valence-electron chi connectivity index (χ0n) is 10.5. The zero-order valence-corrected chi connectivity index (χ0v) is 10.5. The predicted octanol–water partition coefficient (Wildman–Crippen LogP) is 2.77. The van der Waals surface area contributed by atoms with E-state index in [0.717, 1.165) is 18.2 Å². The molecule has 0 spiro atoms. The predicted molar refractivity (Wildman–Crippen MR) is 70.8 cm³/mol. The molecule has 1 aromatic rings. The van der Waals surface area contributed by atoms with Crippen molar-refractivity contribution in [1.82, 2.24) is 0 Å². The van der Waals surface area contributed by atoms with Crippen LogP contribution in [0.3, 0.4) is 0 Å². The molecule has 0 unspecified atom stereocenters. The maximum Gasteiger partial charge on any atom is 0.101 e. The van der Waals surface area contributed by atoms with E-state index in [-0.39, 0.29) is 0 Å². The largest absolute Gasteiger partial charge is 0.398 e. The van der Waals surface area contributed by atoms with E-state index < -0.39 is 0 Å². The number of nitrogen functional groups attached to an aromatic ring is 1. The lowest BCUT2D eigenvalue weighted by Crippen LogP contribution is -2.32. The third-order valence-electron chi connectivity index (χ3n) is 3.26. The van der Waals surface area contributed by atoms with Crippen molar-refractivity contribution in [3.63, 3.8) is 0 Å². The standard InChI is InChI=1S/C14H19N3/c1-10(2)17(9-11-3-4-11)13-6-5-12(8-15)14(16)7-13/h5-7,10-11H,3-4,9,16H2,1-2H3. The van der Waals surface area contributed by atoms with Crippen LogP contribution in [0.5, 0.6) is 0 Å². The van der Waals surface area contributed by atoms with E-state index in [0.29, 0.717) is 17.3 Å². The van der Waals surface area contributed by atoms with Gasteiger partial charge in [0, 0.05) is 18.3 Å². The first kappa shape index (κ1) is 11.8. The topological polar surface area (TPSA) is 53.0 Å². The van der Waals surface area contributed by atoms with Crippen LogP contribution >= 0.6 is 0 Å². The van der Waals surface area contributed by atoms with Crippen molar-refractivity contribution in [2.75, 3.05) is 17.2 Å². The Kier molecular flexibility index (Phi) is 3.23. The highest BCUT2D eigenvalue weighted by molar-refractivity contribution is 5.63. The van der Waals surface area contributed by atoms with Gasteiger partial charge in [0.1, 0.15) is 6.07 Å². The zero-order chi connectivity index (χ0) is 12.4. The molecule has 0 amide bonds. The van der Waals surface area contributed by atoms with Gasteiger partial charge in [-0.2, -0.15) is 5.26 Å². The highest BCUT2D eigenvalue weighted by Gasteiger charge is 2.25. The molecule has 1 saturated carbocycles. The van der Waals surface area contributed by atoms with Crippen molar-refractivity contribution in [3.05, 3.63) is 23.8 Å². The fourth-order valence-corrected chi connectivity index (χ4v) is 2.02. The lowest BCUT2D eigenvalue weighted by Gasteiger charge is -2.29. The Morgan fingerprint density at radius 3 is 2.65 bits per heavy atom. The summed E-state index contributed by atoms with van der Waals surface area (Å²) in [5.41, 5.74) is 8.13. The Labute approximate surface area is 103 Å². The molecule has 1 aliphatic carbocycles. The molecule has 3 heteroatoms. The molecule has 3 nitrogen and oxygen atoms in total. The minimum absolute atomic E-state index is 0.461. The Balaban J connectivity index is 2.23. The van der Waals surface area contributed by atoms with Crippen LogP contribution in [0.25, 0.3) is 0 Å². The van der Waals surface area contributed by atoms with Crippen molar-refractivity contribution >= 4 is 11.4 Å². The normalized spacial score (nSPS) is 14.7. The smallest absolute Gasteiger partial charge is 0.101 e. The fourth-order valence-electron chi connectivity index (χ4n) is 2.02. The molecular formula is C14H19N3. The summed E-state index contributed by atoms with van der Waals surface area (Å²) in [7, 11) is 0. The van der Waals surface area contributed by atoms with E-state index in [1.165, 1.54) is 12.8 Å². The van der Waals surface area contributed by atoms with Gasteiger partial charge in [-0.15, -0.1) is 0 Å². The molecule has 90 valence electrons. The number of nitrogens with two attached hydrogens (primary N) is 1. The van der Waals surface area contributed by atoms with E-state index in [2.05, 4.69) is 24.8 Å². The quantitative estimate of drug-likeness (QED) is 0.808. The molecule has 0 bridgehead atoms. The second kappa shape index (κ2) is 4.67. The molecule has 17 heavy (non-hydrogen) atoms. The van der Waals surface area contributed by atoms with Crippen molar-refractivity contribution in [2.24, 2.45) is 5.92 Å². The number of nitrogens with zero attached hydrogens (tertiary/aromatic N) is 2. The van der Waals surface area contributed by atoms with E-state index in [1.807, 2.05) is 18.2 Å². The first-order chi connectivity index (χ1) is 8.11. The third-order valence-corrected chi connectivity index (χ3v) is 3.26. The van der Waals surface area contributed by atoms with E-state index >= 15 is 0 Å². The summed E-state index contributed by atoms with van der Waals surface area (Å²) in [6, 6.07) is 8.29. The van der Waals surface area contributed by atoms with Gasteiger partial charge in [-0.05, 0) is 50.8 Å². The van der Waals surface area contributed by atoms with Crippen LogP contribution in [-0.4, -0.2) is 12.6 Å². The molecule has 0 radical (unpaired) electrons. The van der Waals surface area contributed by atoms with Gasteiger partial charge in [-0.3, -0.25) is 0 Å². The van der Waals surface area contributed by atoms with Gasteiger partial charge in [-0.25, -0.2) is 0 Å². The van der Waals surface area contributed by atoms with Gasteiger partial charge >= 0.3 is 0 Å². The van der Waals surface area contributed by atoms with Crippen LogP contribution in [0.15, 0.2) is 18.2 Å². The lowest BCUT2D eigenvalue weighted by molar-refractivity contribution is 0.645. The average Bonchev–Trinajstić information content (AvgIpc) is 3.09. The lowest BCUT2D eigenvalue weighted by atomic mass is 10.1. The first-order valence-electron chi connectivity index (χ1n) is 6.18. The summed E-state index contributed by atoms with van der Waals surface area (Å²) in [5.74, 6) is 0.842. The van der Waals surface area contributed by atoms with Crippen LogP contribution in [0.4, 0.5) is 11.4 Å². The van der Waals surface area contributed by atoms with E-state index in [9.17, 15) is 0 Å². The average molecular weight is 229 g/mol. The number of benzene rings is 1. The SMILES string of the molecule is CC(C)N(CC1CC1)c1ccc(C#N)c(N)c1. The van der Waals surface area contributed by atoms with Gasteiger partial charge in [0.05, 0.1) is 11.3 Å². The monoisotopic (exact) mass is 229 g/mol. The van der Waals surface area contributed by atoms with Crippen LogP contribution in [0.1, 0.15) is 32.3 Å². The molecule has 1 fully saturated rings. The van der Waals surface area contributed by atoms with Crippen LogP contribution in [0, 0.1) is 17.2 Å². The van der Waals surface area contributed by atoms with Crippen molar-refractivity contribution in [3.8, 4) is 6.07 Å². The first-order valence-corrected chi connectivity index (χ1v) is 6.18. The van der Waals surface area contributed by atoms with E-state index in [1.54, 1.807) is 0 Å². The molecule has 1 aliphatic rings. The second-order valence-corrected chi connectivity index (χ2v) is 5.07. The molecule has 0 atom stereocenters. The molecule has 0 aliphatic heterocycles. The minimum Gasteiger partial charge on any atom is -0.398 e. The number of hydrogen-bond donors (Lipinski definition) is 1. The number of rotatable bonds is 4. The number of nitriles is 1. The van der Waals surface area contributed by atoms with Gasteiger partial charge in [0.2, 0.25) is 0 Å². The second-order valence-electron chi connectivity index (χ2n) is 5.07. The summed E-state index contributed by atoms with van der Waals surface area (Å²) in [6.07, 6.45) is 2.68. The van der Waals surface area contributed by atoms with Crippen molar-refractivity contribution in [2.45, 2.75) is 32.7 Å². The molecule has 0 saturated heterocycles. The van der Waals surface area contributed by atoms with Gasteiger partial charge in [0.15, 0.2) is 0 Å². The van der Waals surface area contributed by atoms with E-state index in [4.69, 9.17) is 11.0 Å². The van der Waals surface area contributed by atoms with Crippen LogP contribution < -0.4 is 10.6 Å².